The lowest BCUT2D eigenvalue weighted by Crippen LogP contribution is -2.27. The molecule has 2 heterocycles. The normalized spacial score (nSPS) is 20.1. The molecule has 0 saturated heterocycles. The first-order valence-electron chi connectivity index (χ1n) is 10.3. The standard InChI is InChI=1S/C25H24N2O3S/c1-29-21-10-5-7-16(25(21)30-2)24-23-19(26-17-8-3-4-9-18(17)27-24)13-15(14-20(23)28)22-11-6-12-31-22/h3-12,15,24,26-27H,13-14H2,1-2H3. The third kappa shape index (κ3) is 3.47. The molecule has 2 N–H and O–H groups in total. The highest BCUT2D eigenvalue weighted by Gasteiger charge is 2.37. The molecule has 2 aromatic carbocycles. The number of ether oxygens (including phenoxy) is 2. The largest absolute Gasteiger partial charge is 0.493 e. The van der Waals surface area contributed by atoms with Crippen LogP contribution in [0.2, 0.25) is 0 Å². The van der Waals surface area contributed by atoms with E-state index in [0.29, 0.717) is 17.9 Å². The number of fused-ring (bicyclic) bond motifs is 1. The van der Waals surface area contributed by atoms with E-state index in [0.717, 1.165) is 34.6 Å². The molecular weight excluding hydrogens is 408 g/mol. The van der Waals surface area contributed by atoms with Crippen LogP contribution in [-0.4, -0.2) is 20.0 Å². The third-order valence-electron chi connectivity index (χ3n) is 6.00. The van der Waals surface area contributed by atoms with Crippen LogP contribution in [0.5, 0.6) is 11.5 Å². The van der Waals surface area contributed by atoms with Crippen LogP contribution >= 0.6 is 11.3 Å². The second-order valence-electron chi connectivity index (χ2n) is 7.77. The topological polar surface area (TPSA) is 59.6 Å². The second-order valence-corrected chi connectivity index (χ2v) is 8.75. The van der Waals surface area contributed by atoms with E-state index in [1.165, 1.54) is 4.88 Å². The van der Waals surface area contributed by atoms with Gasteiger partial charge in [-0.15, -0.1) is 11.3 Å². The summed E-state index contributed by atoms with van der Waals surface area (Å²) >= 11 is 1.72. The van der Waals surface area contributed by atoms with Gasteiger partial charge in [0.15, 0.2) is 17.3 Å². The van der Waals surface area contributed by atoms with Gasteiger partial charge in [0, 0.05) is 34.0 Å². The van der Waals surface area contributed by atoms with Gasteiger partial charge in [-0.3, -0.25) is 4.79 Å². The number of allylic oxidation sites excluding steroid dienone is 1. The molecule has 5 nitrogen and oxygen atoms in total. The van der Waals surface area contributed by atoms with Gasteiger partial charge >= 0.3 is 0 Å². The lowest BCUT2D eigenvalue weighted by Gasteiger charge is -2.30. The molecule has 5 rings (SSSR count). The Morgan fingerprint density at radius 1 is 0.935 bits per heavy atom. The van der Waals surface area contributed by atoms with Crippen molar-refractivity contribution in [1.29, 1.82) is 0 Å². The van der Waals surface area contributed by atoms with Gasteiger partial charge in [-0.25, -0.2) is 0 Å². The van der Waals surface area contributed by atoms with Crippen LogP contribution in [0.15, 0.2) is 71.2 Å². The number of hydrogen-bond donors (Lipinski definition) is 2. The molecule has 2 unspecified atom stereocenters. The molecular formula is C25H24N2O3S. The fourth-order valence-electron chi connectivity index (χ4n) is 4.59. The highest BCUT2D eigenvalue weighted by atomic mass is 32.1. The van der Waals surface area contributed by atoms with E-state index in [9.17, 15) is 4.79 Å². The van der Waals surface area contributed by atoms with Gasteiger partial charge in [0.25, 0.3) is 0 Å². The van der Waals surface area contributed by atoms with Gasteiger partial charge in [-0.1, -0.05) is 30.3 Å². The van der Waals surface area contributed by atoms with E-state index < -0.39 is 0 Å². The van der Waals surface area contributed by atoms with Gasteiger partial charge in [0.1, 0.15) is 0 Å². The Morgan fingerprint density at radius 2 is 1.77 bits per heavy atom. The Kier molecular flexibility index (Phi) is 5.16. The predicted octanol–water partition coefficient (Wildman–Crippen LogP) is 5.74. The molecule has 31 heavy (non-hydrogen) atoms. The Hall–Kier alpha value is -3.25. The lowest BCUT2D eigenvalue weighted by molar-refractivity contribution is -0.116. The Labute approximate surface area is 185 Å². The number of thiophene rings is 1. The number of anilines is 2. The molecule has 0 fully saturated rings. The molecule has 158 valence electrons. The summed E-state index contributed by atoms with van der Waals surface area (Å²) in [5.74, 6) is 1.63. The van der Waals surface area contributed by atoms with Crippen molar-refractivity contribution in [2.45, 2.75) is 24.8 Å². The average Bonchev–Trinajstić information content (AvgIpc) is 3.27. The van der Waals surface area contributed by atoms with Crippen LogP contribution in [0, 0.1) is 0 Å². The number of carbonyl (C=O) groups excluding carboxylic acids is 1. The molecule has 0 radical (unpaired) electrons. The summed E-state index contributed by atoms with van der Waals surface area (Å²) in [5.41, 5.74) is 4.56. The molecule has 2 aliphatic rings. The minimum absolute atomic E-state index is 0.155. The maximum atomic E-state index is 13.6. The predicted molar refractivity (Wildman–Crippen MR) is 124 cm³/mol. The fraction of sp³-hybridized carbons (Fsp3) is 0.240. The molecule has 1 aliphatic carbocycles. The van der Waals surface area contributed by atoms with E-state index in [-0.39, 0.29) is 17.7 Å². The minimum Gasteiger partial charge on any atom is -0.493 e. The molecule has 2 atom stereocenters. The summed E-state index contributed by atoms with van der Waals surface area (Å²) in [6.07, 6.45) is 1.29. The first-order valence-corrected chi connectivity index (χ1v) is 11.2. The van der Waals surface area contributed by atoms with Crippen LogP contribution in [0.3, 0.4) is 0 Å². The van der Waals surface area contributed by atoms with Crippen LogP contribution in [-0.2, 0) is 4.79 Å². The smallest absolute Gasteiger partial charge is 0.166 e. The first-order chi connectivity index (χ1) is 15.2. The highest BCUT2D eigenvalue weighted by molar-refractivity contribution is 7.10. The quantitative estimate of drug-likeness (QED) is 0.550. The zero-order chi connectivity index (χ0) is 21.4. The maximum absolute atomic E-state index is 13.6. The number of hydrogen-bond acceptors (Lipinski definition) is 6. The van der Waals surface area contributed by atoms with Crippen LogP contribution in [0.1, 0.15) is 35.2 Å². The van der Waals surface area contributed by atoms with Crippen molar-refractivity contribution >= 4 is 28.5 Å². The number of methoxy groups -OCH3 is 2. The van der Waals surface area contributed by atoms with Crippen molar-refractivity contribution in [2.24, 2.45) is 0 Å². The van der Waals surface area contributed by atoms with Crippen molar-refractivity contribution < 1.29 is 14.3 Å². The van der Waals surface area contributed by atoms with Crippen molar-refractivity contribution in [3.8, 4) is 11.5 Å². The fourth-order valence-corrected chi connectivity index (χ4v) is 5.42. The summed E-state index contributed by atoms with van der Waals surface area (Å²) in [4.78, 5) is 14.8. The molecule has 0 bridgehead atoms. The third-order valence-corrected chi connectivity index (χ3v) is 7.03. The monoisotopic (exact) mass is 432 g/mol. The zero-order valence-corrected chi connectivity index (χ0v) is 18.3. The minimum atomic E-state index is -0.340. The van der Waals surface area contributed by atoms with E-state index in [1.54, 1.807) is 25.6 Å². The summed E-state index contributed by atoms with van der Waals surface area (Å²) < 4.78 is 11.3. The first kappa shape index (κ1) is 19.7. The van der Waals surface area contributed by atoms with Crippen molar-refractivity contribution in [3.05, 3.63) is 81.7 Å². The van der Waals surface area contributed by atoms with Gasteiger partial charge in [-0.05, 0) is 36.1 Å². The Morgan fingerprint density at radius 3 is 2.52 bits per heavy atom. The van der Waals surface area contributed by atoms with E-state index in [4.69, 9.17) is 9.47 Å². The molecule has 1 aliphatic heterocycles. The maximum Gasteiger partial charge on any atom is 0.166 e. The van der Waals surface area contributed by atoms with Gasteiger partial charge in [0.05, 0.1) is 31.6 Å². The Balaban J connectivity index is 1.67. The number of Topliss-reactive ketones (excluding diaryl/α,β-unsaturated/α-hetero) is 1. The van der Waals surface area contributed by atoms with Crippen LogP contribution in [0.4, 0.5) is 11.4 Å². The highest BCUT2D eigenvalue weighted by Crippen LogP contribution is 2.47. The van der Waals surface area contributed by atoms with Gasteiger partial charge in [-0.2, -0.15) is 0 Å². The van der Waals surface area contributed by atoms with Crippen LogP contribution in [0.25, 0.3) is 0 Å². The molecule has 6 heteroatoms. The average molecular weight is 433 g/mol. The number of rotatable bonds is 4. The second kappa shape index (κ2) is 8.12. The van der Waals surface area contributed by atoms with E-state index in [2.05, 4.69) is 28.1 Å². The van der Waals surface area contributed by atoms with Crippen molar-refractivity contribution in [2.75, 3.05) is 24.9 Å². The molecule has 0 spiro atoms. The number of carbonyl (C=O) groups is 1. The van der Waals surface area contributed by atoms with Gasteiger partial charge < -0.3 is 20.1 Å². The molecule has 0 amide bonds. The van der Waals surface area contributed by atoms with E-state index >= 15 is 0 Å². The molecule has 0 saturated carbocycles. The Bertz CT molecular complexity index is 1150. The van der Waals surface area contributed by atoms with Crippen molar-refractivity contribution in [3.63, 3.8) is 0 Å². The number of para-hydroxylation sites is 3. The molecule has 1 aromatic heterocycles. The van der Waals surface area contributed by atoms with Gasteiger partial charge in [0.2, 0.25) is 0 Å². The summed E-state index contributed by atoms with van der Waals surface area (Å²) in [6, 6.07) is 17.7. The SMILES string of the molecule is COc1cccc(C2Nc3ccccc3NC3=C2C(=O)CC(c2cccs2)C3)c1OC. The summed E-state index contributed by atoms with van der Waals surface area (Å²) in [7, 11) is 3.26. The lowest BCUT2D eigenvalue weighted by atomic mass is 9.80. The summed E-state index contributed by atoms with van der Waals surface area (Å²) in [5, 5.41) is 9.26. The summed E-state index contributed by atoms with van der Waals surface area (Å²) in [6.45, 7) is 0. The zero-order valence-electron chi connectivity index (χ0n) is 17.5. The number of benzene rings is 2. The van der Waals surface area contributed by atoms with Crippen molar-refractivity contribution in [1.82, 2.24) is 0 Å². The number of nitrogens with one attached hydrogen (secondary N) is 2. The molecule has 3 aromatic rings. The van der Waals surface area contributed by atoms with E-state index in [1.807, 2.05) is 42.5 Å². The number of ketones is 1. The van der Waals surface area contributed by atoms with Crippen LogP contribution < -0.4 is 20.1 Å².